The van der Waals surface area contributed by atoms with E-state index < -0.39 is 10.0 Å². The van der Waals surface area contributed by atoms with Gasteiger partial charge in [0.1, 0.15) is 0 Å². The molecule has 6 nitrogen and oxygen atoms in total. The van der Waals surface area contributed by atoms with Crippen LogP contribution in [0.4, 0.5) is 5.69 Å². The van der Waals surface area contributed by atoms with Gasteiger partial charge < -0.3 is 10.1 Å². The van der Waals surface area contributed by atoms with E-state index in [1.54, 1.807) is 0 Å². The molecule has 0 aliphatic carbocycles. The Morgan fingerprint density at radius 2 is 1.89 bits per heavy atom. The van der Waals surface area contributed by atoms with Gasteiger partial charge in [0.15, 0.2) is 0 Å². The fourth-order valence-electron chi connectivity index (χ4n) is 2.96. The first-order chi connectivity index (χ1) is 12.9. The molecule has 1 aliphatic heterocycles. The van der Waals surface area contributed by atoms with Crippen molar-refractivity contribution in [1.29, 1.82) is 0 Å². The van der Waals surface area contributed by atoms with Crippen molar-refractivity contribution in [2.45, 2.75) is 37.7 Å². The average molecular weight is 388 g/mol. The van der Waals surface area contributed by atoms with E-state index in [4.69, 9.17) is 4.74 Å². The van der Waals surface area contributed by atoms with Crippen LogP contribution in [-0.2, 0) is 14.8 Å². The van der Waals surface area contributed by atoms with Crippen molar-refractivity contribution in [3.05, 3.63) is 59.2 Å². The van der Waals surface area contributed by atoms with Gasteiger partial charge in [-0.25, -0.2) is 13.1 Å². The molecule has 1 unspecified atom stereocenters. The predicted octanol–water partition coefficient (Wildman–Crippen LogP) is 3.01. The Balaban J connectivity index is 1.66. The van der Waals surface area contributed by atoms with Gasteiger partial charge in [-0.15, -0.1) is 0 Å². The quantitative estimate of drug-likeness (QED) is 0.797. The Morgan fingerprint density at radius 3 is 2.56 bits per heavy atom. The fourth-order valence-corrected chi connectivity index (χ4v) is 4.02. The minimum Gasteiger partial charge on any atom is -0.377 e. The highest BCUT2D eigenvalue weighted by Gasteiger charge is 2.20. The van der Waals surface area contributed by atoms with Gasteiger partial charge in [0, 0.05) is 24.4 Å². The van der Waals surface area contributed by atoms with Crippen LogP contribution in [0.1, 0.15) is 34.3 Å². The number of sulfonamides is 1. The molecule has 0 spiro atoms. The number of benzene rings is 2. The van der Waals surface area contributed by atoms with Crippen LogP contribution in [0.5, 0.6) is 0 Å². The summed E-state index contributed by atoms with van der Waals surface area (Å²) in [5, 5.41) is 2.87. The smallest absolute Gasteiger partial charge is 0.255 e. The number of nitrogens with one attached hydrogen (secondary N) is 2. The van der Waals surface area contributed by atoms with Crippen molar-refractivity contribution in [3.8, 4) is 0 Å². The number of carbonyl (C=O) groups excluding carboxylic acids is 1. The lowest BCUT2D eigenvalue weighted by molar-refractivity contribution is 0.102. The highest BCUT2D eigenvalue weighted by Crippen LogP contribution is 2.19. The van der Waals surface area contributed by atoms with Crippen molar-refractivity contribution < 1.29 is 17.9 Å². The maximum Gasteiger partial charge on any atom is 0.255 e. The van der Waals surface area contributed by atoms with Crippen molar-refractivity contribution in [3.63, 3.8) is 0 Å². The lowest BCUT2D eigenvalue weighted by Gasteiger charge is -2.12. The first-order valence-corrected chi connectivity index (χ1v) is 10.4. The SMILES string of the molecule is Cc1cccc(NC(=O)c2ccc(S(=O)(=O)NCC3CCCO3)cc2)c1C. The van der Waals surface area contributed by atoms with Crippen LogP contribution in [0.3, 0.4) is 0 Å². The Labute approximate surface area is 160 Å². The summed E-state index contributed by atoms with van der Waals surface area (Å²) in [6.07, 6.45) is 1.75. The van der Waals surface area contributed by atoms with Crippen molar-refractivity contribution in [1.82, 2.24) is 4.72 Å². The molecule has 27 heavy (non-hydrogen) atoms. The standard InChI is InChI=1S/C20H24N2O4S/c1-14-5-3-7-19(15(14)2)22-20(23)16-8-10-18(11-9-16)27(24,25)21-13-17-6-4-12-26-17/h3,5,7-11,17,21H,4,6,12-13H2,1-2H3,(H,22,23). The van der Waals surface area contributed by atoms with Crippen molar-refractivity contribution in [2.75, 3.05) is 18.5 Å². The number of hydrogen-bond donors (Lipinski definition) is 2. The molecule has 1 amide bonds. The second-order valence-corrected chi connectivity index (χ2v) is 8.48. The molecule has 0 aromatic heterocycles. The van der Waals surface area contributed by atoms with Crippen molar-refractivity contribution >= 4 is 21.6 Å². The monoisotopic (exact) mass is 388 g/mol. The highest BCUT2D eigenvalue weighted by molar-refractivity contribution is 7.89. The van der Waals surface area contributed by atoms with E-state index in [2.05, 4.69) is 10.0 Å². The van der Waals surface area contributed by atoms with Crippen LogP contribution in [0.25, 0.3) is 0 Å². The highest BCUT2D eigenvalue weighted by atomic mass is 32.2. The van der Waals surface area contributed by atoms with Gasteiger partial charge >= 0.3 is 0 Å². The Kier molecular flexibility index (Phi) is 5.94. The molecule has 7 heteroatoms. The number of anilines is 1. The predicted molar refractivity (Wildman–Crippen MR) is 104 cm³/mol. The molecule has 1 saturated heterocycles. The molecular formula is C20H24N2O4S. The number of carbonyl (C=O) groups is 1. The summed E-state index contributed by atoms with van der Waals surface area (Å²) in [6.45, 7) is 4.86. The van der Waals surface area contributed by atoms with Gasteiger partial charge in [-0.05, 0) is 68.1 Å². The van der Waals surface area contributed by atoms with Crippen LogP contribution in [0, 0.1) is 13.8 Å². The van der Waals surface area contributed by atoms with Crippen LogP contribution >= 0.6 is 0 Å². The van der Waals surface area contributed by atoms with Crippen LogP contribution in [-0.4, -0.2) is 33.6 Å². The molecule has 1 aliphatic rings. The Hall–Kier alpha value is -2.22. The number of hydrogen-bond acceptors (Lipinski definition) is 4. The molecule has 144 valence electrons. The van der Waals surface area contributed by atoms with E-state index in [-0.39, 0.29) is 23.5 Å². The van der Waals surface area contributed by atoms with Gasteiger partial charge in [-0.2, -0.15) is 0 Å². The average Bonchev–Trinajstić information content (AvgIpc) is 3.18. The number of aryl methyl sites for hydroxylation is 1. The molecule has 3 rings (SSSR count). The molecule has 0 bridgehead atoms. The second-order valence-electron chi connectivity index (χ2n) is 6.71. The van der Waals surface area contributed by atoms with E-state index in [0.29, 0.717) is 12.2 Å². The third-order valence-electron chi connectivity index (χ3n) is 4.80. The summed E-state index contributed by atoms with van der Waals surface area (Å²) in [7, 11) is -3.62. The van der Waals surface area contributed by atoms with E-state index in [1.807, 2.05) is 32.0 Å². The maximum atomic E-state index is 12.4. The number of amides is 1. The zero-order valence-electron chi connectivity index (χ0n) is 15.5. The molecule has 0 saturated carbocycles. The second kappa shape index (κ2) is 8.21. The summed E-state index contributed by atoms with van der Waals surface area (Å²) < 4.78 is 32.7. The summed E-state index contributed by atoms with van der Waals surface area (Å²) in [6, 6.07) is 11.6. The molecule has 0 radical (unpaired) electrons. The molecule has 1 atom stereocenters. The van der Waals surface area contributed by atoms with Crippen LogP contribution < -0.4 is 10.0 Å². The lowest BCUT2D eigenvalue weighted by Crippen LogP contribution is -2.31. The summed E-state index contributed by atoms with van der Waals surface area (Å²) >= 11 is 0. The van der Waals surface area contributed by atoms with E-state index in [0.717, 1.165) is 29.7 Å². The molecule has 2 N–H and O–H groups in total. The normalized spacial score (nSPS) is 17.0. The van der Waals surface area contributed by atoms with Crippen LogP contribution in [0.15, 0.2) is 47.4 Å². The van der Waals surface area contributed by atoms with Gasteiger partial charge in [-0.3, -0.25) is 4.79 Å². The van der Waals surface area contributed by atoms with Crippen molar-refractivity contribution in [2.24, 2.45) is 0 Å². The van der Waals surface area contributed by atoms with Crippen LogP contribution in [0.2, 0.25) is 0 Å². The lowest BCUT2D eigenvalue weighted by atomic mass is 10.1. The molecule has 2 aromatic carbocycles. The van der Waals surface area contributed by atoms with E-state index in [9.17, 15) is 13.2 Å². The largest absolute Gasteiger partial charge is 0.377 e. The van der Waals surface area contributed by atoms with E-state index >= 15 is 0 Å². The Morgan fingerprint density at radius 1 is 1.15 bits per heavy atom. The molecule has 1 fully saturated rings. The van der Waals surface area contributed by atoms with Gasteiger partial charge in [-0.1, -0.05) is 12.1 Å². The Bertz CT molecular complexity index is 917. The first kappa shape index (κ1) is 19.5. The third-order valence-corrected chi connectivity index (χ3v) is 6.24. The fraction of sp³-hybridized carbons (Fsp3) is 0.350. The van der Waals surface area contributed by atoms with Gasteiger partial charge in [0.2, 0.25) is 10.0 Å². The maximum absolute atomic E-state index is 12.4. The molecule has 1 heterocycles. The minimum atomic E-state index is -3.62. The summed E-state index contributed by atoms with van der Waals surface area (Å²) in [5.74, 6) is -0.278. The van der Waals surface area contributed by atoms with E-state index in [1.165, 1.54) is 24.3 Å². The number of ether oxygens (including phenoxy) is 1. The van der Waals surface area contributed by atoms with Gasteiger partial charge in [0.25, 0.3) is 5.91 Å². The molecule has 2 aromatic rings. The minimum absolute atomic E-state index is 0.0672. The zero-order chi connectivity index (χ0) is 19.4. The summed E-state index contributed by atoms with van der Waals surface area (Å²) in [5.41, 5.74) is 3.24. The number of rotatable bonds is 6. The molecular weight excluding hydrogens is 364 g/mol. The zero-order valence-corrected chi connectivity index (χ0v) is 16.3. The summed E-state index contributed by atoms with van der Waals surface area (Å²) in [4.78, 5) is 12.6. The first-order valence-electron chi connectivity index (χ1n) is 8.96. The topological polar surface area (TPSA) is 84.5 Å². The van der Waals surface area contributed by atoms with Gasteiger partial charge in [0.05, 0.1) is 11.0 Å². The third kappa shape index (κ3) is 4.74.